The van der Waals surface area contributed by atoms with Gasteiger partial charge >= 0.3 is 6.18 Å². The van der Waals surface area contributed by atoms with Crippen LogP contribution < -0.4 is 0 Å². The number of amides is 1. The van der Waals surface area contributed by atoms with E-state index in [0.29, 0.717) is 6.42 Å². The van der Waals surface area contributed by atoms with Gasteiger partial charge < -0.3 is 9.47 Å². The molecule has 2 aromatic carbocycles. The summed E-state index contributed by atoms with van der Waals surface area (Å²) in [5, 5.41) is 0. The normalized spacial score (nSPS) is 16.2. The van der Waals surface area contributed by atoms with Gasteiger partial charge in [-0.1, -0.05) is 29.8 Å². The number of hydrogen-bond acceptors (Lipinski definition) is 4. The van der Waals surface area contributed by atoms with Gasteiger partial charge in [0.05, 0.1) is 15.9 Å². The number of alkyl halides is 3. The molecule has 0 spiro atoms. The molecule has 0 radical (unpaired) electrons. The van der Waals surface area contributed by atoms with Crippen molar-refractivity contribution in [2.24, 2.45) is 0 Å². The quantitative estimate of drug-likeness (QED) is 0.575. The van der Waals surface area contributed by atoms with Crippen molar-refractivity contribution in [1.82, 2.24) is 18.8 Å². The summed E-state index contributed by atoms with van der Waals surface area (Å²) in [7, 11) is -3.72. The van der Waals surface area contributed by atoms with E-state index < -0.39 is 34.5 Å². The number of hydrogen-bond donors (Lipinski definition) is 0. The predicted molar refractivity (Wildman–Crippen MR) is 116 cm³/mol. The van der Waals surface area contributed by atoms with Crippen molar-refractivity contribution in [3.63, 3.8) is 0 Å². The molecule has 11 heteroatoms. The Bertz CT molecular complexity index is 1270. The van der Waals surface area contributed by atoms with Crippen LogP contribution in [0, 0.1) is 6.92 Å². The molecule has 1 saturated heterocycles. The van der Waals surface area contributed by atoms with Crippen LogP contribution in [0.3, 0.4) is 0 Å². The highest BCUT2D eigenvalue weighted by atomic mass is 32.2. The van der Waals surface area contributed by atoms with Crippen molar-refractivity contribution in [2.45, 2.75) is 31.0 Å². The van der Waals surface area contributed by atoms with E-state index in [1.165, 1.54) is 21.3 Å². The fraction of sp³-hybridized carbons (Fsp3) is 0.364. The molecule has 0 N–H and O–H groups in total. The van der Waals surface area contributed by atoms with Crippen molar-refractivity contribution < 1.29 is 26.4 Å². The van der Waals surface area contributed by atoms with Crippen LogP contribution in [0.1, 0.15) is 17.8 Å². The third kappa shape index (κ3) is 4.74. The summed E-state index contributed by atoms with van der Waals surface area (Å²) in [5.41, 5.74) is 1.31. The van der Waals surface area contributed by atoms with E-state index in [4.69, 9.17) is 0 Å². The lowest BCUT2D eigenvalue weighted by Gasteiger charge is -2.23. The molecule has 33 heavy (non-hydrogen) atoms. The van der Waals surface area contributed by atoms with Gasteiger partial charge in [0.25, 0.3) is 0 Å². The highest BCUT2D eigenvalue weighted by molar-refractivity contribution is 7.89. The summed E-state index contributed by atoms with van der Waals surface area (Å²) in [4.78, 5) is 18.2. The monoisotopic (exact) mass is 480 g/mol. The zero-order valence-electron chi connectivity index (χ0n) is 17.9. The average Bonchev–Trinajstić information content (AvgIpc) is 2.95. The number of aromatic nitrogens is 2. The summed E-state index contributed by atoms with van der Waals surface area (Å²) in [6.07, 6.45) is -4.33. The lowest BCUT2D eigenvalue weighted by molar-refractivity contribution is -0.148. The smallest absolute Gasteiger partial charge is 0.340 e. The maximum absolute atomic E-state index is 13.5. The molecule has 1 aliphatic heterocycles. The van der Waals surface area contributed by atoms with Gasteiger partial charge in [0.15, 0.2) is 0 Å². The summed E-state index contributed by atoms with van der Waals surface area (Å²) >= 11 is 0. The SMILES string of the molecule is Cc1ccc(S(=O)(=O)N2CCCN(C(=O)Cn3c(C(F)(F)F)nc4ccccc43)CC2)cc1. The largest absolute Gasteiger partial charge is 0.449 e. The van der Waals surface area contributed by atoms with Gasteiger partial charge in [-0.25, -0.2) is 13.4 Å². The highest BCUT2D eigenvalue weighted by Gasteiger charge is 2.38. The Balaban J connectivity index is 1.52. The number of halogens is 3. The minimum Gasteiger partial charge on any atom is -0.340 e. The lowest BCUT2D eigenvalue weighted by atomic mass is 10.2. The summed E-state index contributed by atoms with van der Waals surface area (Å²) in [6.45, 7) is 1.98. The molecule has 0 atom stereocenters. The second-order valence-electron chi connectivity index (χ2n) is 7.96. The Hall–Kier alpha value is -2.92. The van der Waals surface area contributed by atoms with Gasteiger partial charge in [-0.15, -0.1) is 0 Å². The van der Waals surface area contributed by atoms with Crippen LogP contribution in [-0.4, -0.2) is 59.3 Å². The lowest BCUT2D eigenvalue weighted by Crippen LogP contribution is -2.39. The minimum absolute atomic E-state index is 0.0682. The standard InChI is InChI=1S/C22H23F3N4O3S/c1-16-7-9-17(10-8-16)33(31,32)28-12-4-11-27(13-14-28)20(30)15-29-19-6-3-2-5-18(19)26-21(29)22(23,24)25/h2-3,5-10H,4,11-15H2,1H3. The first kappa shape index (κ1) is 23.2. The number of fused-ring (bicyclic) bond motifs is 1. The molecule has 1 fully saturated rings. The summed E-state index contributed by atoms with van der Waals surface area (Å²) in [5.74, 6) is -1.64. The molecule has 176 valence electrons. The number of imidazole rings is 1. The van der Waals surface area contributed by atoms with E-state index >= 15 is 0 Å². The molecule has 2 heterocycles. The van der Waals surface area contributed by atoms with Gasteiger partial charge in [-0.05, 0) is 37.6 Å². The number of nitrogens with zero attached hydrogens (tertiary/aromatic N) is 4. The number of benzene rings is 2. The van der Waals surface area contributed by atoms with E-state index in [1.807, 2.05) is 6.92 Å². The van der Waals surface area contributed by atoms with Crippen molar-refractivity contribution in [3.05, 3.63) is 59.9 Å². The minimum atomic E-state index is -4.71. The molecule has 1 amide bonds. The Morgan fingerprint density at radius 2 is 1.70 bits per heavy atom. The van der Waals surface area contributed by atoms with Gasteiger partial charge in [-0.2, -0.15) is 17.5 Å². The molecule has 0 aliphatic carbocycles. The van der Waals surface area contributed by atoms with E-state index in [0.717, 1.165) is 10.1 Å². The fourth-order valence-corrected chi connectivity index (χ4v) is 5.40. The number of carbonyl (C=O) groups excluding carboxylic acids is 1. The van der Waals surface area contributed by atoms with Crippen LogP contribution >= 0.6 is 0 Å². The van der Waals surface area contributed by atoms with Crippen LogP contribution in [-0.2, 0) is 27.5 Å². The van der Waals surface area contributed by atoms with Gasteiger partial charge in [-0.3, -0.25) is 4.79 Å². The number of rotatable bonds is 4. The van der Waals surface area contributed by atoms with E-state index in [2.05, 4.69) is 4.98 Å². The predicted octanol–water partition coefficient (Wildman–Crippen LogP) is 3.29. The maximum Gasteiger partial charge on any atom is 0.449 e. The molecule has 7 nitrogen and oxygen atoms in total. The second kappa shape index (κ2) is 8.79. The highest BCUT2D eigenvalue weighted by Crippen LogP contribution is 2.31. The molecule has 0 unspecified atom stereocenters. The van der Waals surface area contributed by atoms with Crippen molar-refractivity contribution in [2.75, 3.05) is 26.2 Å². The Labute approximate surface area is 189 Å². The number of para-hydroxylation sites is 2. The summed E-state index contributed by atoms with van der Waals surface area (Å²) in [6, 6.07) is 12.6. The first-order valence-electron chi connectivity index (χ1n) is 10.4. The fourth-order valence-electron chi connectivity index (χ4n) is 3.93. The van der Waals surface area contributed by atoms with Gasteiger partial charge in [0.2, 0.25) is 21.8 Å². The van der Waals surface area contributed by atoms with E-state index in [9.17, 15) is 26.4 Å². The molecular weight excluding hydrogens is 457 g/mol. The molecular formula is C22H23F3N4O3S. The third-order valence-corrected chi connectivity index (χ3v) is 7.58. The first-order valence-corrected chi connectivity index (χ1v) is 11.9. The van der Waals surface area contributed by atoms with Crippen LogP contribution in [0.25, 0.3) is 11.0 Å². The average molecular weight is 481 g/mol. The molecule has 0 bridgehead atoms. The van der Waals surface area contributed by atoms with E-state index in [1.54, 1.807) is 36.4 Å². The van der Waals surface area contributed by atoms with E-state index in [-0.39, 0.29) is 42.1 Å². The van der Waals surface area contributed by atoms with Crippen molar-refractivity contribution in [1.29, 1.82) is 0 Å². The third-order valence-electron chi connectivity index (χ3n) is 5.67. The zero-order valence-corrected chi connectivity index (χ0v) is 18.7. The molecule has 3 aromatic rings. The van der Waals surface area contributed by atoms with Gasteiger partial charge in [0.1, 0.15) is 6.54 Å². The van der Waals surface area contributed by atoms with Crippen LogP contribution in [0.2, 0.25) is 0 Å². The number of aryl methyl sites for hydroxylation is 1. The molecule has 0 saturated carbocycles. The summed E-state index contributed by atoms with van der Waals surface area (Å²) < 4.78 is 68.7. The van der Waals surface area contributed by atoms with Crippen LogP contribution in [0.5, 0.6) is 0 Å². The van der Waals surface area contributed by atoms with Gasteiger partial charge in [0, 0.05) is 26.2 Å². The molecule has 4 rings (SSSR count). The zero-order chi connectivity index (χ0) is 23.8. The Morgan fingerprint density at radius 1 is 1.00 bits per heavy atom. The number of sulfonamides is 1. The molecule has 1 aromatic heterocycles. The topological polar surface area (TPSA) is 75.5 Å². The Kier molecular flexibility index (Phi) is 6.19. The molecule has 1 aliphatic rings. The first-order chi connectivity index (χ1) is 15.6. The Morgan fingerprint density at radius 3 is 2.39 bits per heavy atom. The van der Waals surface area contributed by atoms with Crippen LogP contribution in [0.4, 0.5) is 13.2 Å². The number of carbonyl (C=O) groups is 1. The maximum atomic E-state index is 13.5. The van der Waals surface area contributed by atoms with Crippen molar-refractivity contribution >= 4 is 27.0 Å². The van der Waals surface area contributed by atoms with Crippen molar-refractivity contribution in [3.8, 4) is 0 Å². The second-order valence-corrected chi connectivity index (χ2v) is 9.90. The van der Waals surface area contributed by atoms with Crippen LogP contribution in [0.15, 0.2) is 53.4 Å².